The van der Waals surface area contributed by atoms with E-state index in [0.717, 1.165) is 37.0 Å². The van der Waals surface area contributed by atoms with Crippen LogP contribution in [0.15, 0.2) is 18.2 Å². The molecule has 0 aliphatic carbocycles. The fraction of sp³-hybridized carbons (Fsp3) is 0.600. The zero-order valence-electron chi connectivity index (χ0n) is 11.5. The number of benzene rings is 1. The lowest BCUT2D eigenvalue weighted by molar-refractivity contribution is 0.228. The number of methoxy groups -OCH3 is 1. The Balaban J connectivity index is 1.72. The van der Waals surface area contributed by atoms with Gasteiger partial charge in [-0.3, -0.25) is 4.90 Å². The predicted octanol–water partition coefficient (Wildman–Crippen LogP) is 1.87. The third-order valence-corrected chi connectivity index (χ3v) is 4.69. The van der Waals surface area contributed by atoms with E-state index < -0.39 is 0 Å². The molecular formula is C15H21FN2O. The maximum atomic E-state index is 14.0. The molecule has 3 unspecified atom stereocenters. The monoisotopic (exact) mass is 264 g/mol. The number of halogens is 1. The van der Waals surface area contributed by atoms with Gasteiger partial charge in [-0.2, -0.15) is 0 Å². The second kappa shape index (κ2) is 5.10. The summed E-state index contributed by atoms with van der Waals surface area (Å²) in [5, 5.41) is 3.45. The van der Waals surface area contributed by atoms with Crippen LogP contribution in [0.5, 0.6) is 5.75 Å². The molecule has 2 aliphatic heterocycles. The molecule has 19 heavy (non-hydrogen) atoms. The minimum atomic E-state index is -0.165. The highest BCUT2D eigenvalue weighted by molar-refractivity contribution is 5.29. The second-order valence-electron chi connectivity index (χ2n) is 5.71. The molecule has 0 radical (unpaired) electrons. The Morgan fingerprint density at radius 3 is 2.95 bits per heavy atom. The van der Waals surface area contributed by atoms with E-state index in [0.29, 0.717) is 18.3 Å². The summed E-state index contributed by atoms with van der Waals surface area (Å²) < 4.78 is 19.0. The zero-order valence-corrected chi connectivity index (χ0v) is 11.5. The molecule has 3 atom stereocenters. The van der Waals surface area contributed by atoms with Gasteiger partial charge in [-0.15, -0.1) is 0 Å². The molecule has 104 valence electrons. The molecule has 2 fully saturated rings. The summed E-state index contributed by atoms with van der Waals surface area (Å²) in [5.41, 5.74) is 0.764. The Kier molecular flexibility index (Phi) is 3.46. The number of hydrogen-bond donors (Lipinski definition) is 1. The molecule has 2 aliphatic rings. The molecular weight excluding hydrogens is 243 g/mol. The van der Waals surface area contributed by atoms with E-state index in [1.54, 1.807) is 7.11 Å². The Morgan fingerprint density at radius 1 is 1.42 bits per heavy atom. The van der Waals surface area contributed by atoms with Crippen LogP contribution in [0.1, 0.15) is 12.5 Å². The number of fused-ring (bicyclic) bond motifs is 1. The Bertz CT molecular complexity index is 465. The van der Waals surface area contributed by atoms with Gasteiger partial charge in [0.1, 0.15) is 11.6 Å². The molecule has 1 aromatic rings. The number of likely N-dealkylation sites (tertiary alicyclic amines) is 1. The van der Waals surface area contributed by atoms with Gasteiger partial charge in [-0.1, -0.05) is 6.07 Å². The van der Waals surface area contributed by atoms with Crippen molar-refractivity contribution in [2.45, 2.75) is 19.5 Å². The maximum Gasteiger partial charge on any atom is 0.131 e. The molecule has 2 saturated heterocycles. The van der Waals surface area contributed by atoms with Gasteiger partial charge in [-0.25, -0.2) is 4.39 Å². The van der Waals surface area contributed by atoms with Crippen LogP contribution in [0.3, 0.4) is 0 Å². The molecule has 1 N–H and O–H groups in total. The van der Waals surface area contributed by atoms with E-state index in [1.807, 2.05) is 12.1 Å². The molecule has 1 aromatic carbocycles. The third-order valence-electron chi connectivity index (χ3n) is 4.69. The predicted molar refractivity (Wildman–Crippen MR) is 72.7 cm³/mol. The molecule has 0 saturated carbocycles. The molecule has 0 bridgehead atoms. The maximum absolute atomic E-state index is 14.0. The summed E-state index contributed by atoms with van der Waals surface area (Å²) >= 11 is 0. The van der Waals surface area contributed by atoms with E-state index in [4.69, 9.17) is 4.74 Å². The molecule has 3 rings (SSSR count). The average Bonchev–Trinajstić information content (AvgIpc) is 2.96. The van der Waals surface area contributed by atoms with Crippen molar-refractivity contribution in [2.75, 3.05) is 26.7 Å². The Morgan fingerprint density at radius 2 is 2.26 bits per heavy atom. The lowest BCUT2D eigenvalue weighted by Crippen LogP contribution is -2.33. The van der Waals surface area contributed by atoms with E-state index in [-0.39, 0.29) is 5.82 Å². The first-order valence-electron chi connectivity index (χ1n) is 6.96. The fourth-order valence-corrected chi connectivity index (χ4v) is 3.47. The van der Waals surface area contributed by atoms with Crippen molar-refractivity contribution in [3.8, 4) is 5.75 Å². The van der Waals surface area contributed by atoms with E-state index in [1.165, 1.54) is 6.07 Å². The molecule has 3 nitrogen and oxygen atoms in total. The van der Waals surface area contributed by atoms with Crippen LogP contribution in [-0.2, 0) is 6.54 Å². The van der Waals surface area contributed by atoms with Crippen LogP contribution >= 0.6 is 0 Å². The summed E-state index contributed by atoms with van der Waals surface area (Å²) in [6.07, 6.45) is 0. The van der Waals surface area contributed by atoms with Crippen LogP contribution in [0.25, 0.3) is 0 Å². The topological polar surface area (TPSA) is 24.5 Å². The first-order chi connectivity index (χ1) is 9.19. The number of rotatable bonds is 3. The highest BCUT2D eigenvalue weighted by atomic mass is 19.1. The van der Waals surface area contributed by atoms with Gasteiger partial charge in [0.2, 0.25) is 0 Å². The molecule has 4 heteroatoms. The Labute approximate surface area is 113 Å². The molecule has 2 heterocycles. The summed E-state index contributed by atoms with van der Waals surface area (Å²) in [6.45, 7) is 6.25. The minimum Gasteiger partial charge on any atom is -0.497 e. The quantitative estimate of drug-likeness (QED) is 0.902. The van der Waals surface area contributed by atoms with Gasteiger partial charge in [0.25, 0.3) is 0 Å². The molecule has 0 amide bonds. The average molecular weight is 264 g/mol. The summed E-state index contributed by atoms with van der Waals surface area (Å²) in [7, 11) is 1.56. The van der Waals surface area contributed by atoms with Crippen molar-refractivity contribution >= 4 is 0 Å². The summed E-state index contributed by atoms with van der Waals surface area (Å²) in [4.78, 5) is 2.40. The van der Waals surface area contributed by atoms with Crippen molar-refractivity contribution in [2.24, 2.45) is 11.8 Å². The van der Waals surface area contributed by atoms with Crippen LogP contribution in [0.4, 0.5) is 4.39 Å². The van der Waals surface area contributed by atoms with E-state index in [9.17, 15) is 4.39 Å². The minimum absolute atomic E-state index is 0.165. The largest absolute Gasteiger partial charge is 0.497 e. The van der Waals surface area contributed by atoms with Crippen LogP contribution in [0, 0.1) is 17.7 Å². The standard InChI is InChI=1S/C15H21FN2O/c1-10-14-7-17-6-12(14)9-18(10)8-11-3-4-13(19-2)5-15(11)16/h3-5,10,12,14,17H,6-9H2,1-2H3. The van der Waals surface area contributed by atoms with Crippen molar-refractivity contribution in [1.29, 1.82) is 0 Å². The second-order valence-corrected chi connectivity index (χ2v) is 5.71. The SMILES string of the molecule is COc1ccc(CN2CC3CNCC3C2C)c(F)c1. The van der Waals surface area contributed by atoms with Gasteiger partial charge in [0.15, 0.2) is 0 Å². The number of hydrogen-bond acceptors (Lipinski definition) is 3. The molecule has 0 spiro atoms. The van der Waals surface area contributed by atoms with E-state index in [2.05, 4.69) is 17.1 Å². The van der Waals surface area contributed by atoms with Gasteiger partial charge >= 0.3 is 0 Å². The van der Waals surface area contributed by atoms with Gasteiger partial charge in [-0.05, 0) is 37.9 Å². The first-order valence-corrected chi connectivity index (χ1v) is 6.96. The highest BCUT2D eigenvalue weighted by Gasteiger charge is 2.41. The van der Waals surface area contributed by atoms with Crippen LogP contribution in [-0.4, -0.2) is 37.7 Å². The van der Waals surface area contributed by atoms with Crippen LogP contribution in [0.2, 0.25) is 0 Å². The number of nitrogens with one attached hydrogen (secondary N) is 1. The van der Waals surface area contributed by atoms with Crippen LogP contribution < -0.4 is 10.1 Å². The first kappa shape index (κ1) is 12.9. The Hall–Kier alpha value is -1.13. The van der Waals surface area contributed by atoms with Crippen molar-refractivity contribution in [1.82, 2.24) is 10.2 Å². The van der Waals surface area contributed by atoms with Gasteiger partial charge < -0.3 is 10.1 Å². The number of ether oxygens (including phenoxy) is 1. The normalized spacial score (nSPS) is 30.6. The van der Waals surface area contributed by atoms with Gasteiger partial charge in [0.05, 0.1) is 7.11 Å². The smallest absolute Gasteiger partial charge is 0.131 e. The lowest BCUT2D eigenvalue weighted by Gasteiger charge is -2.24. The summed E-state index contributed by atoms with van der Waals surface area (Å²) in [6, 6.07) is 5.68. The third kappa shape index (κ3) is 2.35. The van der Waals surface area contributed by atoms with Gasteiger partial charge in [0, 0.05) is 30.8 Å². The summed E-state index contributed by atoms with van der Waals surface area (Å²) in [5.74, 6) is 1.87. The highest BCUT2D eigenvalue weighted by Crippen LogP contribution is 2.33. The molecule has 0 aromatic heterocycles. The fourth-order valence-electron chi connectivity index (χ4n) is 3.47. The van der Waals surface area contributed by atoms with Crippen molar-refractivity contribution in [3.05, 3.63) is 29.6 Å². The van der Waals surface area contributed by atoms with E-state index >= 15 is 0 Å². The van der Waals surface area contributed by atoms with Crippen molar-refractivity contribution < 1.29 is 9.13 Å². The van der Waals surface area contributed by atoms with Crippen molar-refractivity contribution in [3.63, 3.8) is 0 Å². The lowest BCUT2D eigenvalue weighted by atomic mass is 9.95. The number of nitrogens with zero attached hydrogens (tertiary/aromatic N) is 1. The zero-order chi connectivity index (χ0) is 13.4.